The molecule has 1 saturated heterocycles. The molecule has 2 aromatic carbocycles. The number of benzene rings is 2. The minimum absolute atomic E-state index is 0.225. The van der Waals surface area contributed by atoms with Gasteiger partial charge in [0.1, 0.15) is 12.4 Å². The van der Waals surface area contributed by atoms with Crippen LogP contribution in [0, 0.1) is 0 Å². The number of aliphatic hydroxyl groups excluding tert-OH is 1. The molecule has 15 heteroatoms. The van der Waals surface area contributed by atoms with Gasteiger partial charge in [-0.25, -0.2) is 14.8 Å². The van der Waals surface area contributed by atoms with Crippen LogP contribution in [-0.4, -0.2) is 116 Å². The van der Waals surface area contributed by atoms with Gasteiger partial charge < -0.3 is 55.8 Å². The van der Waals surface area contributed by atoms with E-state index in [-0.39, 0.29) is 5.84 Å². The molecule has 14 nitrogen and oxygen atoms in total. The average Bonchev–Trinajstić information content (AvgIpc) is 2.92. The maximum atomic E-state index is 10.9. The zero-order valence-corrected chi connectivity index (χ0v) is 19.3. The minimum atomic E-state index is -3.73. The fourth-order valence-corrected chi connectivity index (χ4v) is 4.84. The fraction of sp³-hybridized carbons (Fsp3) is 0.381. The number of fused-ring (bicyclic) bond motifs is 2. The first-order valence-electron chi connectivity index (χ1n) is 10.4. The van der Waals surface area contributed by atoms with Crippen molar-refractivity contribution in [2.24, 2.45) is 4.99 Å². The zero-order chi connectivity index (χ0) is 26.5. The molecule has 0 aromatic heterocycles. The summed E-state index contributed by atoms with van der Waals surface area (Å²) in [7, 11) is 0. The first-order valence-corrected chi connectivity index (χ1v) is 11.2. The number of rotatable bonds is 5. The molecule has 36 heavy (non-hydrogen) atoms. The standard InChI is InChI=1S/C21H25N3O11S/c25-17(21(32,33)34)35-11-20(30,31)23-9-18(26,27)24(19(28,29)10-23)16-12-5-1-3-7-14(12)36-15-8-4-2-6-13(15)22-16/h1-8,17,25-34H,9-11H2. The lowest BCUT2D eigenvalue weighted by molar-refractivity contribution is -0.439. The van der Waals surface area contributed by atoms with Crippen LogP contribution in [0.3, 0.4) is 0 Å². The van der Waals surface area contributed by atoms with Crippen LogP contribution < -0.4 is 0 Å². The van der Waals surface area contributed by atoms with Gasteiger partial charge in [0.25, 0.3) is 11.8 Å². The molecule has 10 N–H and O–H groups in total. The van der Waals surface area contributed by atoms with Crippen molar-refractivity contribution in [1.29, 1.82) is 0 Å². The van der Waals surface area contributed by atoms with E-state index in [1.54, 1.807) is 48.5 Å². The fourth-order valence-electron chi connectivity index (χ4n) is 3.82. The Labute approximate surface area is 207 Å². The molecule has 0 spiro atoms. The number of piperazine rings is 1. The number of aliphatic hydroxyl groups is 10. The lowest BCUT2D eigenvalue weighted by Crippen LogP contribution is -2.77. The highest BCUT2D eigenvalue weighted by Gasteiger charge is 2.58. The first-order chi connectivity index (χ1) is 16.6. The second-order valence-corrected chi connectivity index (χ2v) is 9.45. The predicted octanol–water partition coefficient (Wildman–Crippen LogP) is -3.27. The molecule has 0 radical (unpaired) electrons. The van der Waals surface area contributed by atoms with Gasteiger partial charge >= 0.3 is 5.97 Å². The van der Waals surface area contributed by atoms with Crippen molar-refractivity contribution in [1.82, 2.24) is 9.80 Å². The van der Waals surface area contributed by atoms with Gasteiger partial charge in [-0.2, -0.15) is 0 Å². The smallest absolute Gasteiger partial charge is 0.329 e. The molecule has 2 aliphatic heterocycles. The molecule has 1 unspecified atom stereocenters. The van der Waals surface area contributed by atoms with E-state index >= 15 is 0 Å². The van der Waals surface area contributed by atoms with E-state index in [9.17, 15) is 35.7 Å². The Bertz CT molecular complexity index is 1130. The number of ether oxygens (including phenoxy) is 1. The number of hydrogen-bond acceptors (Lipinski definition) is 15. The highest BCUT2D eigenvalue weighted by molar-refractivity contribution is 7.99. The summed E-state index contributed by atoms with van der Waals surface area (Å²) >= 11 is 1.33. The summed E-state index contributed by atoms with van der Waals surface area (Å²) in [5, 5.41) is 100. The predicted molar refractivity (Wildman–Crippen MR) is 119 cm³/mol. The van der Waals surface area contributed by atoms with E-state index in [1.807, 2.05) is 0 Å². The van der Waals surface area contributed by atoms with Crippen molar-refractivity contribution in [3.63, 3.8) is 0 Å². The average molecular weight is 528 g/mol. The van der Waals surface area contributed by atoms with Crippen molar-refractivity contribution in [2.45, 2.75) is 39.8 Å². The summed E-state index contributed by atoms with van der Waals surface area (Å²) in [6.07, 6.45) is -2.70. The van der Waals surface area contributed by atoms with Gasteiger partial charge in [0.2, 0.25) is 12.2 Å². The second-order valence-electron chi connectivity index (χ2n) is 8.37. The molecule has 2 aromatic rings. The zero-order valence-electron chi connectivity index (χ0n) is 18.4. The monoisotopic (exact) mass is 527 g/mol. The SMILES string of the molecule is OC(OCC(O)(O)N1CC(O)(O)N(C2=Nc3ccccc3Sc3ccccc32)C(O)(O)C1)C(O)(O)O. The summed E-state index contributed by atoms with van der Waals surface area (Å²) in [5.41, 5.74) is 0.743. The van der Waals surface area contributed by atoms with E-state index in [0.717, 1.165) is 4.90 Å². The number of hydrogen-bond donors (Lipinski definition) is 10. The number of amidine groups is 1. The lowest BCUT2D eigenvalue weighted by atomic mass is 10.1. The largest absolute Gasteiger partial charge is 0.362 e. The Kier molecular flexibility index (Phi) is 6.90. The molecule has 0 saturated carbocycles. The molecular formula is C21H25N3O11S. The lowest BCUT2D eigenvalue weighted by Gasteiger charge is -2.53. The van der Waals surface area contributed by atoms with Gasteiger partial charge in [-0.15, -0.1) is 0 Å². The van der Waals surface area contributed by atoms with Gasteiger partial charge in [0, 0.05) is 15.4 Å². The third-order valence-corrected chi connectivity index (χ3v) is 6.59. The molecule has 196 valence electrons. The Morgan fingerprint density at radius 3 is 2.06 bits per heavy atom. The van der Waals surface area contributed by atoms with Crippen LogP contribution >= 0.6 is 11.8 Å². The van der Waals surface area contributed by atoms with Gasteiger partial charge in [-0.3, -0.25) is 0 Å². The Morgan fingerprint density at radius 2 is 1.44 bits per heavy atom. The number of nitrogens with zero attached hydrogens (tertiary/aromatic N) is 3. The van der Waals surface area contributed by atoms with Crippen LogP contribution in [0.15, 0.2) is 63.3 Å². The molecule has 0 bridgehead atoms. The Hall–Kier alpha value is -2.22. The van der Waals surface area contributed by atoms with Gasteiger partial charge in [-0.05, 0) is 18.2 Å². The van der Waals surface area contributed by atoms with Crippen molar-refractivity contribution in [3.8, 4) is 0 Å². The molecule has 2 aliphatic rings. The van der Waals surface area contributed by atoms with Gasteiger partial charge in [0.05, 0.1) is 18.8 Å². The maximum Gasteiger partial charge on any atom is 0.329 e. The Morgan fingerprint density at radius 1 is 0.889 bits per heavy atom. The van der Waals surface area contributed by atoms with E-state index in [4.69, 9.17) is 15.3 Å². The minimum Gasteiger partial charge on any atom is -0.362 e. The number of para-hydroxylation sites is 1. The van der Waals surface area contributed by atoms with E-state index in [0.29, 0.717) is 25.9 Å². The van der Waals surface area contributed by atoms with Crippen molar-refractivity contribution in [2.75, 3.05) is 19.7 Å². The highest BCUT2D eigenvalue weighted by atomic mass is 32.2. The Balaban J connectivity index is 1.69. The molecule has 1 atom stereocenters. The van der Waals surface area contributed by atoms with Crippen LogP contribution in [-0.2, 0) is 4.74 Å². The summed E-state index contributed by atoms with van der Waals surface area (Å²) < 4.78 is 4.40. The van der Waals surface area contributed by atoms with Crippen LogP contribution in [0.4, 0.5) is 5.69 Å². The molecular weight excluding hydrogens is 502 g/mol. The molecule has 1 fully saturated rings. The first kappa shape index (κ1) is 26.8. The summed E-state index contributed by atoms with van der Waals surface area (Å²) in [6.45, 7) is -3.43. The van der Waals surface area contributed by atoms with Crippen LogP contribution in [0.5, 0.6) is 0 Å². The van der Waals surface area contributed by atoms with Crippen molar-refractivity contribution < 1.29 is 55.8 Å². The summed E-state index contributed by atoms with van der Waals surface area (Å²) in [5.74, 6) is -13.5. The summed E-state index contributed by atoms with van der Waals surface area (Å²) in [4.78, 5) is 6.61. The topological polar surface area (TPSA) is 230 Å². The maximum absolute atomic E-state index is 10.9. The second kappa shape index (κ2) is 9.26. The molecule has 0 aliphatic carbocycles. The van der Waals surface area contributed by atoms with Crippen LogP contribution in [0.2, 0.25) is 0 Å². The van der Waals surface area contributed by atoms with E-state index in [2.05, 4.69) is 9.73 Å². The molecule has 4 rings (SSSR count). The summed E-state index contributed by atoms with van der Waals surface area (Å²) in [6, 6.07) is 13.6. The highest BCUT2D eigenvalue weighted by Crippen LogP contribution is 2.42. The number of β-amino-alcohol motifs (C(OH)–C–C–N with tert-alkyl or cyclic N) is 4. The van der Waals surface area contributed by atoms with E-state index < -0.39 is 49.7 Å². The van der Waals surface area contributed by atoms with Crippen molar-refractivity contribution >= 4 is 23.3 Å². The van der Waals surface area contributed by atoms with E-state index in [1.165, 1.54) is 11.8 Å². The van der Waals surface area contributed by atoms with Crippen LogP contribution in [0.25, 0.3) is 0 Å². The normalized spacial score (nSPS) is 20.7. The van der Waals surface area contributed by atoms with Crippen molar-refractivity contribution in [3.05, 3.63) is 54.1 Å². The van der Waals surface area contributed by atoms with Gasteiger partial charge in [-0.1, -0.05) is 42.1 Å². The molecule has 2 heterocycles. The third kappa shape index (κ3) is 5.24. The van der Waals surface area contributed by atoms with Gasteiger partial charge in [0.15, 0.2) is 0 Å². The molecule has 0 amide bonds. The quantitative estimate of drug-likeness (QED) is 0.172. The number of aliphatic imine (C=N–C) groups is 1. The third-order valence-electron chi connectivity index (χ3n) is 5.45. The van der Waals surface area contributed by atoms with Crippen LogP contribution in [0.1, 0.15) is 5.56 Å².